The largest absolute Gasteiger partial charge is 0.384 e. The Hall–Kier alpha value is -3.26. The fraction of sp³-hybridized carbons (Fsp3) is 0.333. The van der Waals surface area contributed by atoms with Crippen molar-refractivity contribution in [3.63, 3.8) is 0 Å². The van der Waals surface area contributed by atoms with Gasteiger partial charge in [-0.1, -0.05) is 17.3 Å². The fourth-order valence-electron chi connectivity index (χ4n) is 3.43. The van der Waals surface area contributed by atoms with Crippen LogP contribution in [0, 0.1) is 6.92 Å². The summed E-state index contributed by atoms with van der Waals surface area (Å²) in [6.45, 7) is 2.25. The van der Waals surface area contributed by atoms with Gasteiger partial charge in [-0.3, -0.25) is 14.6 Å². The summed E-state index contributed by atoms with van der Waals surface area (Å²) < 4.78 is 4.97. The monoisotopic (exact) mass is 394 g/mol. The molecule has 0 unspecified atom stereocenters. The number of hydrogen-bond donors (Lipinski definition) is 2. The SMILES string of the molecule is Cc1cc(CCC(=O)NCC2(O)CN(C(=O)c3ccc4cccnc4c3)C2)no1. The highest BCUT2D eigenvalue weighted by Crippen LogP contribution is 2.24. The number of fused-ring (bicyclic) bond motifs is 1. The van der Waals surface area contributed by atoms with Crippen molar-refractivity contribution in [2.75, 3.05) is 19.6 Å². The number of hydrogen-bond acceptors (Lipinski definition) is 6. The first-order valence-electron chi connectivity index (χ1n) is 9.47. The van der Waals surface area contributed by atoms with E-state index in [1.165, 1.54) is 0 Å². The third kappa shape index (κ3) is 4.27. The third-order valence-electron chi connectivity index (χ3n) is 5.01. The van der Waals surface area contributed by atoms with Crippen molar-refractivity contribution < 1.29 is 19.2 Å². The number of benzene rings is 1. The van der Waals surface area contributed by atoms with Crippen molar-refractivity contribution in [3.8, 4) is 0 Å². The van der Waals surface area contributed by atoms with Crippen molar-refractivity contribution in [1.29, 1.82) is 0 Å². The molecule has 150 valence electrons. The van der Waals surface area contributed by atoms with Crippen LogP contribution in [0.15, 0.2) is 47.1 Å². The van der Waals surface area contributed by atoms with Crippen molar-refractivity contribution in [2.24, 2.45) is 0 Å². The lowest BCUT2D eigenvalue weighted by Gasteiger charge is -2.46. The van der Waals surface area contributed by atoms with E-state index >= 15 is 0 Å². The Labute approximate surface area is 167 Å². The van der Waals surface area contributed by atoms with E-state index in [0.717, 1.165) is 16.6 Å². The van der Waals surface area contributed by atoms with E-state index in [-0.39, 0.29) is 37.9 Å². The predicted molar refractivity (Wildman–Crippen MR) is 105 cm³/mol. The first-order valence-corrected chi connectivity index (χ1v) is 9.47. The van der Waals surface area contributed by atoms with Gasteiger partial charge < -0.3 is 19.8 Å². The summed E-state index contributed by atoms with van der Waals surface area (Å²) in [5.74, 6) is 0.371. The molecule has 2 amide bonds. The molecule has 0 bridgehead atoms. The van der Waals surface area contributed by atoms with Gasteiger partial charge >= 0.3 is 0 Å². The molecular formula is C21H22N4O4. The highest BCUT2D eigenvalue weighted by molar-refractivity contribution is 5.98. The second-order valence-corrected chi connectivity index (χ2v) is 7.50. The Bertz CT molecular complexity index is 1060. The molecule has 0 saturated carbocycles. The van der Waals surface area contributed by atoms with Crippen molar-refractivity contribution in [2.45, 2.75) is 25.4 Å². The number of aliphatic hydroxyl groups is 1. The van der Waals surface area contributed by atoms with Crippen LogP contribution in [0.4, 0.5) is 0 Å². The fourth-order valence-corrected chi connectivity index (χ4v) is 3.43. The summed E-state index contributed by atoms with van der Waals surface area (Å²) in [6.07, 6.45) is 2.42. The maximum absolute atomic E-state index is 12.6. The minimum atomic E-state index is -1.11. The van der Waals surface area contributed by atoms with Gasteiger partial charge in [0.05, 0.1) is 24.3 Å². The lowest BCUT2D eigenvalue weighted by Crippen LogP contribution is -2.67. The molecule has 3 aromatic rings. The minimum Gasteiger partial charge on any atom is -0.384 e. The molecule has 0 spiro atoms. The van der Waals surface area contributed by atoms with Gasteiger partial charge in [-0.25, -0.2) is 0 Å². The van der Waals surface area contributed by atoms with Crippen LogP contribution in [0.2, 0.25) is 0 Å². The summed E-state index contributed by atoms with van der Waals surface area (Å²) in [7, 11) is 0. The van der Waals surface area contributed by atoms with E-state index < -0.39 is 5.60 Å². The average Bonchev–Trinajstić information content (AvgIpc) is 3.13. The smallest absolute Gasteiger partial charge is 0.254 e. The molecular weight excluding hydrogens is 372 g/mol. The summed E-state index contributed by atoms with van der Waals surface area (Å²) in [5, 5.41) is 18.1. The van der Waals surface area contributed by atoms with E-state index in [4.69, 9.17) is 4.52 Å². The molecule has 1 fully saturated rings. The number of pyridine rings is 1. The minimum absolute atomic E-state index is 0.104. The Morgan fingerprint density at radius 2 is 2.10 bits per heavy atom. The normalized spacial score (nSPS) is 15.2. The van der Waals surface area contributed by atoms with Crippen LogP contribution >= 0.6 is 0 Å². The molecule has 29 heavy (non-hydrogen) atoms. The molecule has 0 radical (unpaired) electrons. The van der Waals surface area contributed by atoms with Crippen LogP contribution in [-0.4, -0.2) is 57.2 Å². The maximum Gasteiger partial charge on any atom is 0.254 e. The zero-order chi connectivity index (χ0) is 20.4. The quantitative estimate of drug-likeness (QED) is 0.655. The Balaban J connectivity index is 1.26. The van der Waals surface area contributed by atoms with Gasteiger partial charge in [0.25, 0.3) is 5.91 Å². The number of aryl methyl sites for hydroxylation is 2. The molecule has 8 nitrogen and oxygen atoms in total. The molecule has 1 saturated heterocycles. The topological polar surface area (TPSA) is 109 Å². The number of nitrogens with zero attached hydrogens (tertiary/aromatic N) is 3. The van der Waals surface area contributed by atoms with Crippen LogP contribution in [0.1, 0.15) is 28.2 Å². The van der Waals surface area contributed by atoms with Crippen molar-refractivity contribution in [1.82, 2.24) is 20.4 Å². The number of nitrogens with one attached hydrogen (secondary N) is 1. The summed E-state index contributed by atoms with van der Waals surface area (Å²) in [6, 6.07) is 10.9. The highest BCUT2D eigenvalue weighted by Gasteiger charge is 2.44. The van der Waals surface area contributed by atoms with Gasteiger partial charge in [0.1, 0.15) is 11.4 Å². The summed E-state index contributed by atoms with van der Waals surface area (Å²) in [4.78, 5) is 30.5. The first-order chi connectivity index (χ1) is 13.9. The van der Waals surface area contributed by atoms with Gasteiger partial charge in [-0.2, -0.15) is 0 Å². The van der Waals surface area contributed by atoms with Gasteiger partial charge in [-0.05, 0) is 25.1 Å². The van der Waals surface area contributed by atoms with Crippen LogP contribution < -0.4 is 5.32 Å². The highest BCUT2D eigenvalue weighted by atomic mass is 16.5. The molecule has 2 aromatic heterocycles. The van der Waals surface area contributed by atoms with E-state index in [1.807, 2.05) is 18.2 Å². The third-order valence-corrected chi connectivity index (χ3v) is 5.01. The molecule has 3 heterocycles. The molecule has 8 heteroatoms. The Kier molecular flexibility index (Phi) is 5.02. The second kappa shape index (κ2) is 7.63. The van der Waals surface area contributed by atoms with Gasteiger partial charge in [-0.15, -0.1) is 0 Å². The number of carbonyl (C=O) groups excluding carboxylic acids is 2. The lowest BCUT2D eigenvalue weighted by molar-refractivity contribution is -0.125. The second-order valence-electron chi connectivity index (χ2n) is 7.50. The number of carbonyl (C=O) groups is 2. The molecule has 0 atom stereocenters. The zero-order valence-corrected chi connectivity index (χ0v) is 16.1. The lowest BCUT2D eigenvalue weighted by atomic mass is 9.93. The molecule has 1 aliphatic heterocycles. The van der Waals surface area contributed by atoms with E-state index in [0.29, 0.717) is 17.7 Å². The standard InChI is InChI=1S/C21H22N4O4/c1-14-9-17(24-29-14)6-7-19(26)23-11-21(28)12-25(13-21)20(27)16-5-4-15-3-2-8-22-18(15)10-16/h2-5,8-10,28H,6-7,11-13H2,1H3,(H,23,26). The van der Waals surface area contributed by atoms with Gasteiger partial charge in [0.2, 0.25) is 5.91 Å². The Morgan fingerprint density at radius 1 is 1.28 bits per heavy atom. The number of rotatable bonds is 6. The first kappa shape index (κ1) is 19.1. The van der Waals surface area contributed by atoms with Crippen molar-refractivity contribution >= 4 is 22.7 Å². The van der Waals surface area contributed by atoms with Gasteiger partial charge in [0, 0.05) is 42.6 Å². The van der Waals surface area contributed by atoms with Crippen LogP contribution in [0.3, 0.4) is 0 Å². The number of amides is 2. The molecule has 2 N–H and O–H groups in total. The van der Waals surface area contributed by atoms with Crippen LogP contribution in [0.25, 0.3) is 10.9 Å². The summed E-state index contributed by atoms with van der Waals surface area (Å²) >= 11 is 0. The van der Waals surface area contributed by atoms with E-state index in [2.05, 4.69) is 15.5 Å². The van der Waals surface area contributed by atoms with Crippen LogP contribution in [0.5, 0.6) is 0 Å². The molecule has 4 rings (SSSR count). The number of likely N-dealkylation sites (tertiary alicyclic amines) is 1. The predicted octanol–water partition coefficient (Wildman–Crippen LogP) is 1.47. The molecule has 1 aliphatic rings. The van der Waals surface area contributed by atoms with Crippen molar-refractivity contribution in [3.05, 3.63) is 59.6 Å². The molecule has 0 aliphatic carbocycles. The maximum atomic E-state index is 12.6. The van der Waals surface area contributed by atoms with Gasteiger partial charge in [0.15, 0.2) is 0 Å². The Morgan fingerprint density at radius 3 is 2.86 bits per heavy atom. The number of aromatic nitrogens is 2. The van der Waals surface area contributed by atoms with Crippen LogP contribution in [-0.2, 0) is 11.2 Å². The van der Waals surface area contributed by atoms with E-state index in [9.17, 15) is 14.7 Å². The summed E-state index contributed by atoms with van der Waals surface area (Å²) in [5.41, 5.74) is 0.904. The number of β-amino-alcohol motifs (C(OH)–C–C–N with tert-alkyl or cyclic N) is 1. The zero-order valence-electron chi connectivity index (χ0n) is 16.1. The molecule has 1 aromatic carbocycles. The average molecular weight is 394 g/mol. The van der Waals surface area contributed by atoms with E-state index in [1.54, 1.807) is 36.2 Å².